The summed E-state index contributed by atoms with van der Waals surface area (Å²) < 4.78 is 14.7. The van der Waals surface area contributed by atoms with E-state index in [1.165, 1.54) is 29.1 Å². The van der Waals surface area contributed by atoms with E-state index in [4.69, 9.17) is 5.26 Å². The molecule has 0 aliphatic heterocycles. The zero-order valence-corrected chi connectivity index (χ0v) is 11.4. The number of aromatic nitrogens is 2. The second-order valence-corrected chi connectivity index (χ2v) is 4.61. The van der Waals surface area contributed by atoms with Gasteiger partial charge in [-0.2, -0.15) is 10.4 Å². The molecule has 2 rings (SSSR count). The highest BCUT2D eigenvalue weighted by molar-refractivity contribution is 9.10. The molecule has 7 heteroatoms. The Labute approximate surface area is 116 Å². The lowest BCUT2D eigenvalue weighted by molar-refractivity contribution is 0.102. The van der Waals surface area contributed by atoms with Gasteiger partial charge in [0, 0.05) is 17.7 Å². The number of hydrogen-bond donors (Lipinski definition) is 1. The Hall–Kier alpha value is -2.20. The third kappa shape index (κ3) is 2.80. The molecule has 0 unspecified atom stereocenters. The molecule has 0 aliphatic carbocycles. The molecule has 0 spiro atoms. The first kappa shape index (κ1) is 13.2. The van der Waals surface area contributed by atoms with Crippen LogP contribution in [0.4, 0.5) is 10.2 Å². The highest BCUT2D eigenvalue weighted by atomic mass is 79.9. The molecule has 1 aromatic carbocycles. The molecule has 0 saturated carbocycles. The fraction of sp³-hybridized carbons (Fsp3) is 0.0833. The number of anilines is 1. The Balaban J connectivity index is 2.28. The molecule has 0 bridgehead atoms. The van der Waals surface area contributed by atoms with Crippen molar-refractivity contribution in [2.24, 2.45) is 7.05 Å². The van der Waals surface area contributed by atoms with Crippen LogP contribution in [-0.2, 0) is 7.05 Å². The Bertz CT molecular complexity index is 690. The maximum absolute atomic E-state index is 12.9. The number of amides is 1. The molecule has 0 atom stereocenters. The number of halogens is 2. The van der Waals surface area contributed by atoms with Crippen LogP contribution >= 0.6 is 15.9 Å². The number of nitriles is 1. The number of rotatable bonds is 2. The highest BCUT2D eigenvalue weighted by Crippen LogP contribution is 2.20. The van der Waals surface area contributed by atoms with Crippen molar-refractivity contribution >= 4 is 27.7 Å². The zero-order valence-electron chi connectivity index (χ0n) is 9.82. The number of nitrogens with zero attached hydrogens (tertiary/aromatic N) is 3. The Morgan fingerprint density at radius 2 is 2.32 bits per heavy atom. The smallest absolute Gasteiger partial charge is 0.258 e. The zero-order chi connectivity index (χ0) is 14.0. The SMILES string of the molecule is Cn1cc(C#N)c(NC(=O)c2ccc(F)cc2Br)n1. The van der Waals surface area contributed by atoms with E-state index in [2.05, 4.69) is 26.3 Å². The Morgan fingerprint density at radius 3 is 2.95 bits per heavy atom. The average Bonchev–Trinajstić information content (AvgIpc) is 2.69. The molecule has 2 aromatic rings. The van der Waals surface area contributed by atoms with E-state index in [1.807, 2.05) is 6.07 Å². The molecule has 0 radical (unpaired) electrons. The van der Waals surface area contributed by atoms with E-state index in [0.717, 1.165) is 0 Å². The molecule has 0 fully saturated rings. The second kappa shape index (κ2) is 5.20. The minimum Gasteiger partial charge on any atom is -0.304 e. The van der Waals surface area contributed by atoms with E-state index >= 15 is 0 Å². The van der Waals surface area contributed by atoms with Crippen LogP contribution < -0.4 is 5.32 Å². The van der Waals surface area contributed by atoms with Gasteiger partial charge in [-0.1, -0.05) is 0 Å². The number of benzene rings is 1. The first-order chi connectivity index (χ1) is 9.01. The predicted octanol–water partition coefficient (Wildman–Crippen LogP) is 2.45. The molecule has 1 amide bonds. The summed E-state index contributed by atoms with van der Waals surface area (Å²) in [7, 11) is 1.64. The van der Waals surface area contributed by atoms with Crippen LogP contribution in [-0.4, -0.2) is 15.7 Å². The number of aryl methyl sites for hydroxylation is 1. The summed E-state index contributed by atoms with van der Waals surface area (Å²) in [4.78, 5) is 12.0. The molecule has 1 aromatic heterocycles. The minimum atomic E-state index is -0.470. The molecule has 19 heavy (non-hydrogen) atoms. The van der Waals surface area contributed by atoms with Crippen molar-refractivity contribution in [1.82, 2.24) is 9.78 Å². The summed E-state index contributed by atoms with van der Waals surface area (Å²) in [6, 6.07) is 5.65. The van der Waals surface area contributed by atoms with E-state index in [1.54, 1.807) is 7.05 Å². The van der Waals surface area contributed by atoms with Crippen LogP contribution in [0.1, 0.15) is 15.9 Å². The lowest BCUT2D eigenvalue weighted by Gasteiger charge is -2.04. The molecular formula is C12H8BrFN4O. The van der Waals surface area contributed by atoms with Crippen LogP contribution in [0.2, 0.25) is 0 Å². The lowest BCUT2D eigenvalue weighted by atomic mass is 10.2. The highest BCUT2D eigenvalue weighted by Gasteiger charge is 2.15. The van der Waals surface area contributed by atoms with E-state index in [9.17, 15) is 9.18 Å². The van der Waals surface area contributed by atoms with Crippen molar-refractivity contribution in [3.05, 3.63) is 45.8 Å². The molecule has 0 aliphatic rings. The molecule has 0 saturated heterocycles. The maximum atomic E-state index is 12.9. The molecule has 1 heterocycles. The van der Waals surface area contributed by atoms with Gasteiger partial charge in [0.2, 0.25) is 0 Å². The van der Waals surface area contributed by atoms with Crippen LogP contribution in [0.15, 0.2) is 28.9 Å². The Kier molecular flexibility index (Phi) is 3.62. The minimum absolute atomic E-state index is 0.172. The van der Waals surface area contributed by atoms with Gasteiger partial charge in [0.1, 0.15) is 17.4 Å². The van der Waals surface area contributed by atoms with Gasteiger partial charge in [0.15, 0.2) is 5.82 Å². The molecule has 96 valence electrons. The summed E-state index contributed by atoms with van der Waals surface area (Å²) in [6.07, 6.45) is 1.50. The first-order valence-corrected chi connectivity index (χ1v) is 6.00. The average molecular weight is 323 g/mol. The van der Waals surface area contributed by atoms with E-state index < -0.39 is 11.7 Å². The summed E-state index contributed by atoms with van der Waals surface area (Å²) in [5.41, 5.74) is 0.519. The third-order valence-corrected chi connectivity index (χ3v) is 3.01. The molecular weight excluding hydrogens is 315 g/mol. The summed E-state index contributed by atoms with van der Waals surface area (Å²) in [5.74, 6) is -0.743. The quantitative estimate of drug-likeness (QED) is 0.923. The van der Waals surface area contributed by atoms with Gasteiger partial charge in [-0.05, 0) is 34.1 Å². The van der Waals surface area contributed by atoms with E-state index in [-0.39, 0.29) is 16.9 Å². The fourth-order valence-corrected chi connectivity index (χ4v) is 2.04. The largest absolute Gasteiger partial charge is 0.304 e. The normalized spacial score (nSPS) is 10.0. The van der Waals surface area contributed by atoms with Crippen molar-refractivity contribution < 1.29 is 9.18 Å². The van der Waals surface area contributed by atoms with Crippen LogP contribution in [0, 0.1) is 17.1 Å². The van der Waals surface area contributed by atoms with Gasteiger partial charge in [-0.3, -0.25) is 9.48 Å². The van der Waals surface area contributed by atoms with Crippen molar-refractivity contribution in [1.29, 1.82) is 5.26 Å². The van der Waals surface area contributed by atoms with Crippen molar-refractivity contribution in [3.63, 3.8) is 0 Å². The topological polar surface area (TPSA) is 70.7 Å². The number of nitrogens with one attached hydrogen (secondary N) is 1. The van der Waals surface area contributed by atoms with Gasteiger partial charge in [-0.15, -0.1) is 0 Å². The maximum Gasteiger partial charge on any atom is 0.258 e. The van der Waals surface area contributed by atoms with Crippen LogP contribution in [0.5, 0.6) is 0 Å². The number of carbonyl (C=O) groups excluding carboxylic acids is 1. The van der Waals surface area contributed by atoms with Gasteiger partial charge in [-0.25, -0.2) is 4.39 Å². The van der Waals surface area contributed by atoms with Gasteiger partial charge in [0.05, 0.1) is 5.56 Å². The number of carbonyl (C=O) groups is 1. The van der Waals surface area contributed by atoms with Crippen molar-refractivity contribution in [3.8, 4) is 6.07 Å². The summed E-state index contributed by atoms with van der Waals surface area (Å²) in [5, 5.41) is 15.4. The summed E-state index contributed by atoms with van der Waals surface area (Å²) in [6.45, 7) is 0. The Morgan fingerprint density at radius 1 is 1.58 bits per heavy atom. The first-order valence-electron chi connectivity index (χ1n) is 5.21. The lowest BCUT2D eigenvalue weighted by Crippen LogP contribution is -2.14. The summed E-state index contributed by atoms with van der Waals surface area (Å²) >= 11 is 3.11. The fourth-order valence-electron chi connectivity index (χ4n) is 1.51. The third-order valence-electron chi connectivity index (χ3n) is 2.36. The number of hydrogen-bond acceptors (Lipinski definition) is 3. The van der Waals surface area contributed by atoms with Crippen LogP contribution in [0.25, 0.3) is 0 Å². The van der Waals surface area contributed by atoms with Gasteiger partial charge >= 0.3 is 0 Å². The van der Waals surface area contributed by atoms with Crippen molar-refractivity contribution in [2.75, 3.05) is 5.32 Å². The standard InChI is InChI=1S/C12H8BrFN4O/c1-18-6-7(5-15)11(17-18)16-12(19)9-3-2-8(14)4-10(9)13/h2-4,6H,1H3,(H,16,17,19). The monoisotopic (exact) mass is 322 g/mol. The molecule has 5 nitrogen and oxygen atoms in total. The van der Waals surface area contributed by atoms with Crippen LogP contribution in [0.3, 0.4) is 0 Å². The van der Waals surface area contributed by atoms with E-state index in [0.29, 0.717) is 4.47 Å². The second-order valence-electron chi connectivity index (χ2n) is 3.76. The predicted molar refractivity (Wildman–Crippen MR) is 70.0 cm³/mol. The molecule has 1 N–H and O–H groups in total. The van der Waals surface area contributed by atoms with Crippen molar-refractivity contribution in [2.45, 2.75) is 0 Å². The van der Waals surface area contributed by atoms with Gasteiger partial charge in [0.25, 0.3) is 5.91 Å². The van der Waals surface area contributed by atoms with Gasteiger partial charge < -0.3 is 5.32 Å².